The first-order chi connectivity index (χ1) is 13.3. The molecular formula is C20H16N4OS2. The van der Waals surface area contributed by atoms with Gasteiger partial charge in [-0.1, -0.05) is 78.5 Å². The van der Waals surface area contributed by atoms with E-state index in [0.717, 1.165) is 10.4 Å². The van der Waals surface area contributed by atoms with Gasteiger partial charge in [0.2, 0.25) is 5.16 Å². The highest BCUT2D eigenvalue weighted by molar-refractivity contribution is 8.00. The molecule has 134 valence electrons. The van der Waals surface area contributed by atoms with Crippen molar-refractivity contribution in [3.63, 3.8) is 0 Å². The first kappa shape index (κ1) is 17.6. The van der Waals surface area contributed by atoms with Gasteiger partial charge in [-0.25, -0.2) is 4.68 Å². The number of aromatic nitrogens is 4. The van der Waals surface area contributed by atoms with Gasteiger partial charge in [0.25, 0.3) is 0 Å². The predicted molar refractivity (Wildman–Crippen MR) is 107 cm³/mol. The molecule has 4 aromatic rings. The number of ketones is 1. The summed E-state index contributed by atoms with van der Waals surface area (Å²) in [4.78, 5) is 14.4. The highest BCUT2D eigenvalue weighted by Crippen LogP contribution is 2.36. The Bertz CT molecular complexity index is 1000. The van der Waals surface area contributed by atoms with Gasteiger partial charge in [-0.2, -0.15) is 0 Å². The molecule has 5 nitrogen and oxygen atoms in total. The van der Waals surface area contributed by atoms with E-state index in [9.17, 15) is 4.79 Å². The molecule has 1 atom stereocenters. The fraction of sp³-hybridized carbons (Fsp3) is 0.100. The van der Waals surface area contributed by atoms with Gasteiger partial charge < -0.3 is 0 Å². The zero-order chi connectivity index (χ0) is 18.5. The number of nitrogens with zero attached hydrogens (tertiary/aromatic N) is 4. The van der Waals surface area contributed by atoms with Crippen LogP contribution in [-0.2, 0) is 6.54 Å². The van der Waals surface area contributed by atoms with E-state index in [0.29, 0.717) is 17.3 Å². The molecule has 2 aromatic carbocycles. The minimum atomic E-state index is -0.415. The minimum Gasteiger partial charge on any atom is -0.293 e. The molecule has 0 aliphatic heterocycles. The summed E-state index contributed by atoms with van der Waals surface area (Å²) in [5.74, 6) is 0.0393. The van der Waals surface area contributed by atoms with E-state index < -0.39 is 5.25 Å². The largest absolute Gasteiger partial charge is 0.293 e. The average molecular weight is 393 g/mol. The molecule has 0 amide bonds. The van der Waals surface area contributed by atoms with Crippen molar-refractivity contribution < 1.29 is 4.79 Å². The average Bonchev–Trinajstić information content (AvgIpc) is 3.39. The van der Waals surface area contributed by atoms with Crippen molar-refractivity contribution in [2.24, 2.45) is 0 Å². The summed E-state index contributed by atoms with van der Waals surface area (Å²) >= 11 is 3.04. The number of carbonyl (C=O) groups is 1. The van der Waals surface area contributed by atoms with Gasteiger partial charge in [0.05, 0.1) is 6.54 Å². The third-order valence-corrected chi connectivity index (χ3v) is 6.09. The molecule has 2 heterocycles. The monoisotopic (exact) mass is 392 g/mol. The van der Waals surface area contributed by atoms with Gasteiger partial charge in [-0.05, 0) is 27.4 Å². The molecule has 0 fully saturated rings. The molecule has 0 unspecified atom stereocenters. The normalized spacial score (nSPS) is 12.0. The van der Waals surface area contributed by atoms with Gasteiger partial charge in [0.15, 0.2) is 5.78 Å². The molecule has 0 aliphatic rings. The maximum atomic E-state index is 13.2. The summed E-state index contributed by atoms with van der Waals surface area (Å²) < 4.78 is 1.74. The maximum Gasteiger partial charge on any atom is 0.210 e. The van der Waals surface area contributed by atoms with Crippen LogP contribution in [0, 0.1) is 0 Å². The molecule has 27 heavy (non-hydrogen) atoms. The van der Waals surface area contributed by atoms with E-state index in [-0.39, 0.29) is 5.78 Å². The van der Waals surface area contributed by atoms with Gasteiger partial charge >= 0.3 is 0 Å². The summed E-state index contributed by atoms with van der Waals surface area (Å²) in [7, 11) is 0. The molecule has 0 spiro atoms. The predicted octanol–water partition coefficient (Wildman–Crippen LogP) is 4.50. The van der Waals surface area contributed by atoms with Crippen molar-refractivity contribution in [3.05, 3.63) is 94.2 Å². The Morgan fingerprint density at radius 2 is 1.74 bits per heavy atom. The molecule has 0 bridgehead atoms. The van der Waals surface area contributed by atoms with E-state index in [4.69, 9.17) is 0 Å². The highest BCUT2D eigenvalue weighted by Gasteiger charge is 2.26. The number of thiophene rings is 1. The topological polar surface area (TPSA) is 60.7 Å². The van der Waals surface area contributed by atoms with Crippen molar-refractivity contribution >= 4 is 28.9 Å². The van der Waals surface area contributed by atoms with E-state index in [1.165, 1.54) is 11.8 Å². The van der Waals surface area contributed by atoms with E-state index in [2.05, 4.69) is 15.5 Å². The van der Waals surface area contributed by atoms with Gasteiger partial charge in [-0.3, -0.25) is 4.79 Å². The summed E-state index contributed by atoms with van der Waals surface area (Å²) in [6, 6.07) is 23.1. The third-order valence-electron chi connectivity index (χ3n) is 4.01. The van der Waals surface area contributed by atoms with Crippen LogP contribution in [0.5, 0.6) is 0 Å². The first-order valence-corrected chi connectivity index (χ1v) is 10.2. The molecule has 4 rings (SSSR count). The number of benzene rings is 2. The van der Waals surface area contributed by atoms with Crippen LogP contribution in [0.4, 0.5) is 0 Å². The third kappa shape index (κ3) is 4.15. The van der Waals surface area contributed by atoms with Crippen LogP contribution < -0.4 is 0 Å². The maximum absolute atomic E-state index is 13.2. The molecule has 2 aromatic heterocycles. The van der Waals surface area contributed by atoms with Crippen molar-refractivity contribution in [1.82, 2.24) is 20.2 Å². The van der Waals surface area contributed by atoms with Crippen molar-refractivity contribution in [1.29, 1.82) is 0 Å². The SMILES string of the molecule is O=C(c1ccccc1)[C@@H](Sc1nnnn1Cc1cccs1)c1ccccc1. The second-order valence-corrected chi connectivity index (χ2v) is 7.94. The standard InChI is InChI=1S/C20H16N4OS2/c25-18(15-8-3-1-4-9-15)19(16-10-5-2-6-11-16)27-20-21-22-23-24(20)14-17-12-7-13-26-17/h1-13,19H,14H2/t19-/m0/s1. The summed E-state index contributed by atoms with van der Waals surface area (Å²) in [5, 5.41) is 14.3. The molecule has 0 saturated heterocycles. The Labute approximate surface area is 165 Å². The lowest BCUT2D eigenvalue weighted by atomic mass is 10.0. The van der Waals surface area contributed by atoms with Crippen molar-refractivity contribution in [3.8, 4) is 0 Å². The first-order valence-electron chi connectivity index (χ1n) is 8.40. The molecule has 0 N–H and O–H groups in total. The summed E-state index contributed by atoms with van der Waals surface area (Å²) in [6.07, 6.45) is 0. The highest BCUT2D eigenvalue weighted by atomic mass is 32.2. The van der Waals surface area contributed by atoms with E-state index in [1.807, 2.05) is 78.2 Å². The summed E-state index contributed by atoms with van der Waals surface area (Å²) in [6.45, 7) is 0.591. The lowest BCUT2D eigenvalue weighted by molar-refractivity contribution is 0.0989. The van der Waals surface area contributed by atoms with Gasteiger partial charge in [-0.15, -0.1) is 16.4 Å². The zero-order valence-electron chi connectivity index (χ0n) is 14.3. The number of carbonyl (C=O) groups excluding carboxylic acids is 1. The fourth-order valence-electron chi connectivity index (χ4n) is 2.69. The second-order valence-electron chi connectivity index (χ2n) is 5.84. The minimum absolute atomic E-state index is 0.0393. The van der Waals surface area contributed by atoms with Crippen LogP contribution in [0.2, 0.25) is 0 Å². The Morgan fingerprint density at radius 1 is 1.00 bits per heavy atom. The molecule has 0 radical (unpaired) electrons. The van der Waals surface area contributed by atoms with E-state index in [1.54, 1.807) is 16.0 Å². The number of thioether (sulfide) groups is 1. The lowest BCUT2D eigenvalue weighted by Crippen LogP contribution is -2.12. The zero-order valence-corrected chi connectivity index (χ0v) is 15.9. The molecule has 0 aliphatic carbocycles. The molecule has 0 saturated carbocycles. The Hall–Kier alpha value is -2.77. The lowest BCUT2D eigenvalue weighted by Gasteiger charge is -2.15. The Kier molecular flexibility index (Phi) is 5.41. The van der Waals surface area contributed by atoms with Gasteiger partial charge in [0, 0.05) is 10.4 Å². The van der Waals surface area contributed by atoms with Crippen LogP contribution in [-0.4, -0.2) is 26.0 Å². The fourth-order valence-corrected chi connectivity index (χ4v) is 4.43. The molecular weight excluding hydrogens is 376 g/mol. The number of Topliss-reactive ketones (excluding diaryl/α,β-unsaturated/α-hetero) is 1. The smallest absolute Gasteiger partial charge is 0.210 e. The van der Waals surface area contributed by atoms with Crippen LogP contribution in [0.1, 0.15) is 26.0 Å². The van der Waals surface area contributed by atoms with Crippen LogP contribution >= 0.6 is 23.1 Å². The van der Waals surface area contributed by atoms with Gasteiger partial charge in [0.1, 0.15) is 5.25 Å². The number of hydrogen-bond acceptors (Lipinski definition) is 6. The Morgan fingerprint density at radius 3 is 2.44 bits per heavy atom. The summed E-state index contributed by atoms with van der Waals surface area (Å²) in [5.41, 5.74) is 1.61. The van der Waals surface area contributed by atoms with Crippen LogP contribution in [0.25, 0.3) is 0 Å². The van der Waals surface area contributed by atoms with Crippen molar-refractivity contribution in [2.75, 3.05) is 0 Å². The van der Waals surface area contributed by atoms with Crippen LogP contribution in [0.3, 0.4) is 0 Å². The number of tetrazole rings is 1. The second kappa shape index (κ2) is 8.28. The van der Waals surface area contributed by atoms with E-state index >= 15 is 0 Å². The van der Waals surface area contributed by atoms with Crippen LogP contribution in [0.15, 0.2) is 83.3 Å². The van der Waals surface area contributed by atoms with Crippen molar-refractivity contribution in [2.45, 2.75) is 17.0 Å². The quantitative estimate of drug-likeness (QED) is 0.342. The Balaban J connectivity index is 1.65. The number of hydrogen-bond donors (Lipinski definition) is 0. The molecule has 7 heteroatoms. The number of rotatable bonds is 7.